The zero-order valence-electron chi connectivity index (χ0n) is 15.2. The van der Waals surface area contributed by atoms with Crippen LogP contribution in [0.25, 0.3) is 0 Å². The van der Waals surface area contributed by atoms with E-state index in [0.29, 0.717) is 32.1 Å². The van der Waals surface area contributed by atoms with Crippen LogP contribution in [0.1, 0.15) is 29.5 Å². The smallest absolute Gasteiger partial charge is 0.307 e. The van der Waals surface area contributed by atoms with Gasteiger partial charge in [-0.25, -0.2) is 0 Å². The van der Waals surface area contributed by atoms with Gasteiger partial charge in [-0.1, -0.05) is 18.2 Å². The van der Waals surface area contributed by atoms with E-state index in [9.17, 15) is 9.59 Å². The number of para-hydroxylation sites is 1. The summed E-state index contributed by atoms with van der Waals surface area (Å²) in [5, 5.41) is 6.93. The maximum Gasteiger partial charge on any atom is 0.307 e. The summed E-state index contributed by atoms with van der Waals surface area (Å²) in [6.45, 7) is 3.48. The number of amides is 1. The number of morpholine rings is 1. The van der Waals surface area contributed by atoms with Crippen LogP contribution in [0.2, 0.25) is 0 Å². The van der Waals surface area contributed by atoms with Crippen molar-refractivity contribution in [1.82, 2.24) is 15.1 Å². The third-order valence-corrected chi connectivity index (χ3v) is 4.18. The minimum Gasteiger partial charge on any atom is -0.487 e. The molecule has 0 spiro atoms. The Hall–Kier alpha value is -2.87. The second kappa shape index (κ2) is 9.18. The lowest BCUT2D eigenvalue weighted by Gasteiger charge is -2.34. The van der Waals surface area contributed by atoms with E-state index in [1.54, 1.807) is 17.9 Å². The van der Waals surface area contributed by atoms with Crippen molar-refractivity contribution in [2.24, 2.45) is 0 Å². The second-order valence-corrected chi connectivity index (χ2v) is 6.12. The van der Waals surface area contributed by atoms with E-state index in [4.69, 9.17) is 14.2 Å². The summed E-state index contributed by atoms with van der Waals surface area (Å²) in [5.74, 6) is 0.155. The van der Waals surface area contributed by atoms with Crippen LogP contribution in [-0.4, -0.2) is 59.4 Å². The van der Waals surface area contributed by atoms with Gasteiger partial charge in [0.1, 0.15) is 12.4 Å². The Kier molecular flexibility index (Phi) is 6.43. The Morgan fingerprint density at radius 3 is 2.93 bits per heavy atom. The lowest BCUT2D eigenvalue weighted by Crippen LogP contribution is -2.49. The summed E-state index contributed by atoms with van der Waals surface area (Å²) in [5.41, 5.74) is 0.981. The number of carbonyl (C=O) groups excluding carboxylic acids is 2. The summed E-state index contributed by atoms with van der Waals surface area (Å²) in [4.78, 5) is 26.2. The molecule has 1 aliphatic rings. The van der Waals surface area contributed by atoms with E-state index in [1.165, 1.54) is 0 Å². The predicted octanol–water partition coefficient (Wildman–Crippen LogP) is 1.78. The molecule has 0 radical (unpaired) electrons. The molecule has 8 nitrogen and oxygen atoms in total. The number of aromatic nitrogens is 2. The molecule has 1 N–H and O–H groups in total. The highest BCUT2D eigenvalue weighted by molar-refractivity contribution is 5.93. The van der Waals surface area contributed by atoms with E-state index >= 15 is 0 Å². The van der Waals surface area contributed by atoms with Crippen LogP contribution in [0, 0.1) is 0 Å². The number of hydrogen-bond acceptors (Lipinski definition) is 6. The van der Waals surface area contributed by atoms with Crippen LogP contribution in [0.4, 0.5) is 0 Å². The van der Waals surface area contributed by atoms with Crippen molar-refractivity contribution < 1.29 is 23.8 Å². The van der Waals surface area contributed by atoms with Crippen LogP contribution >= 0.6 is 0 Å². The summed E-state index contributed by atoms with van der Waals surface area (Å²) in [6.07, 6.45) is 0.105. The summed E-state index contributed by atoms with van der Waals surface area (Å²) in [6, 6.07) is 10.7. The normalized spacial score (nSPS) is 16.8. The molecular formula is C19H23N3O5. The van der Waals surface area contributed by atoms with Gasteiger partial charge in [-0.15, -0.1) is 0 Å². The van der Waals surface area contributed by atoms with Crippen molar-refractivity contribution >= 4 is 11.9 Å². The Balaban J connectivity index is 1.62. The first kappa shape index (κ1) is 18.9. The minimum absolute atomic E-state index is 0.105. The Morgan fingerprint density at radius 1 is 1.33 bits per heavy atom. The standard InChI is InChI=1S/C19H23N3O5/c1-2-26-18(23)11-15-13-25-9-8-22(15)19(24)17-10-14(20-21-17)12-27-16-6-4-3-5-7-16/h3-7,10,15H,2,8-9,11-13H2,1H3,(H,20,21). The molecule has 1 saturated heterocycles. The number of carbonyl (C=O) groups is 2. The molecule has 0 aliphatic carbocycles. The van der Waals surface area contributed by atoms with Gasteiger partial charge in [0.15, 0.2) is 5.69 Å². The van der Waals surface area contributed by atoms with E-state index in [2.05, 4.69) is 10.2 Å². The number of H-pyrrole nitrogens is 1. The molecule has 8 heteroatoms. The molecule has 1 aromatic carbocycles. The molecule has 1 unspecified atom stereocenters. The number of esters is 1. The van der Waals surface area contributed by atoms with Gasteiger partial charge < -0.3 is 19.1 Å². The first-order valence-electron chi connectivity index (χ1n) is 8.94. The topological polar surface area (TPSA) is 93.8 Å². The molecule has 0 saturated carbocycles. The molecule has 2 heterocycles. The van der Waals surface area contributed by atoms with E-state index in [0.717, 1.165) is 5.75 Å². The summed E-state index contributed by atoms with van der Waals surface area (Å²) >= 11 is 0. The fraction of sp³-hybridized carbons (Fsp3) is 0.421. The van der Waals surface area contributed by atoms with Gasteiger partial charge >= 0.3 is 5.97 Å². The highest BCUT2D eigenvalue weighted by atomic mass is 16.5. The SMILES string of the molecule is CCOC(=O)CC1COCCN1C(=O)c1cc(COc2ccccc2)[nH]n1. The Morgan fingerprint density at radius 2 is 2.15 bits per heavy atom. The molecule has 144 valence electrons. The van der Waals surface area contributed by atoms with Crippen molar-refractivity contribution in [3.63, 3.8) is 0 Å². The molecule has 1 amide bonds. The van der Waals surface area contributed by atoms with Gasteiger partial charge in [-0.2, -0.15) is 5.10 Å². The monoisotopic (exact) mass is 373 g/mol. The first-order chi connectivity index (χ1) is 13.2. The molecule has 1 fully saturated rings. The molecule has 1 atom stereocenters. The van der Waals surface area contributed by atoms with Gasteiger partial charge in [0.25, 0.3) is 5.91 Å². The second-order valence-electron chi connectivity index (χ2n) is 6.12. The molecule has 0 bridgehead atoms. The minimum atomic E-state index is -0.356. The largest absolute Gasteiger partial charge is 0.487 e. The van der Waals surface area contributed by atoms with Crippen LogP contribution in [0.5, 0.6) is 5.75 Å². The summed E-state index contributed by atoms with van der Waals surface area (Å²) < 4.78 is 16.1. The lowest BCUT2D eigenvalue weighted by molar-refractivity contribution is -0.145. The molecule has 2 aromatic rings. The molecule has 27 heavy (non-hydrogen) atoms. The highest BCUT2D eigenvalue weighted by Gasteiger charge is 2.31. The van der Waals surface area contributed by atoms with Crippen LogP contribution < -0.4 is 4.74 Å². The number of nitrogens with zero attached hydrogens (tertiary/aromatic N) is 2. The zero-order valence-corrected chi connectivity index (χ0v) is 15.2. The van der Waals surface area contributed by atoms with E-state index in [1.807, 2.05) is 30.3 Å². The number of nitrogens with one attached hydrogen (secondary N) is 1. The Labute approximate surface area is 157 Å². The molecule has 3 rings (SSSR count). The van der Waals surface area contributed by atoms with Crippen LogP contribution in [0.15, 0.2) is 36.4 Å². The van der Waals surface area contributed by atoms with Gasteiger partial charge in [-0.05, 0) is 25.1 Å². The number of ether oxygens (including phenoxy) is 3. The van der Waals surface area contributed by atoms with Crippen molar-refractivity contribution in [2.45, 2.75) is 26.0 Å². The van der Waals surface area contributed by atoms with Gasteiger partial charge in [0.05, 0.1) is 38.0 Å². The average molecular weight is 373 g/mol. The quantitative estimate of drug-likeness (QED) is 0.744. The van der Waals surface area contributed by atoms with Crippen LogP contribution in [-0.2, 0) is 20.9 Å². The van der Waals surface area contributed by atoms with Crippen LogP contribution in [0.3, 0.4) is 0 Å². The van der Waals surface area contributed by atoms with Crippen molar-refractivity contribution in [1.29, 1.82) is 0 Å². The molecular weight excluding hydrogens is 350 g/mol. The molecule has 1 aromatic heterocycles. The average Bonchev–Trinajstić information content (AvgIpc) is 3.16. The lowest BCUT2D eigenvalue weighted by atomic mass is 10.1. The van der Waals surface area contributed by atoms with Gasteiger partial charge in [-0.3, -0.25) is 14.7 Å². The van der Waals surface area contributed by atoms with Crippen molar-refractivity contribution in [2.75, 3.05) is 26.4 Å². The first-order valence-corrected chi connectivity index (χ1v) is 8.94. The van der Waals surface area contributed by atoms with E-state index < -0.39 is 0 Å². The third kappa shape index (κ3) is 5.07. The summed E-state index contributed by atoms with van der Waals surface area (Å²) in [7, 11) is 0. The van der Waals surface area contributed by atoms with Gasteiger partial charge in [0, 0.05) is 6.54 Å². The predicted molar refractivity (Wildman–Crippen MR) is 96.3 cm³/mol. The number of rotatable bonds is 7. The van der Waals surface area contributed by atoms with Crippen molar-refractivity contribution in [3.05, 3.63) is 47.8 Å². The maximum absolute atomic E-state index is 12.8. The van der Waals surface area contributed by atoms with Gasteiger partial charge in [0.2, 0.25) is 0 Å². The van der Waals surface area contributed by atoms with E-state index in [-0.39, 0.29) is 36.6 Å². The third-order valence-electron chi connectivity index (χ3n) is 4.18. The number of hydrogen-bond donors (Lipinski definition) is 1. The maximum atomic E-state index is 12.8. The Bertz CT molecular complexity index is 762. The zero-order chi connectivity index (χ0) is 19.1. The highest BCUT2D eigenvalue weighted by Crippen LogP contribution is 2.16. The number of aromatic amines is 1. The van der Waals surface area contributed by atoms with Crippen molar-refractivity contribution in [3.8, 4) is 5.75 Å². The fourth-order valence-corrected chi connectivity index (χ4v) is 2.87. The fourth-order valence-electron chi connectivity index (χ4n) is 2.87. The number of benzene rings is 1. The molecule has 1 aliphatic heterocycles.